The van der Waals surface area contributed by atoms with Crippen LogP contribution < -0.4 is 0 Å². The molecule has 1 aliphatic carbocycles. The first-order valence-corrected chi connectivity index (χ1v) is 6.97. The van der Waals surface area contributed by atoms with Crippen LogP contribution in [-0.4, -0.2) is 5.78 Å². The van der Waals surface area contributed by atoms with Crippen molar-refractivity contribution in [2.75, 3.05) is 0 Å². The molecule has 19 heavy (non-hydrogen) atoms. The molecule has 0 heterocycles. The van der Waals surface area contributed by atoms with E-state index in [1.165, 1.54) is 11.1 Å². The molecule has 0 N–H and O–H groups in total. The maximum absolute atomic E-state index is 12.4. The third-order valence-electron chi connectivity index (χ3n) is 3.79. The number of Topliss-reactive ketones (excluding diaryl/α,β-unsaturated/α-hetero) is 1. The summed E-state index contributed by atoms with van der Waals surface area (Å²) in [4.78, 5) is 12.4. The molecule has 0 radical (unpaired) electrons. The van der Waals surface area contributed by atoms with Gasteiger partial charge in [-0.25, -0.2) is 0 Å². The number of hydrogen-bond acceptors (Lipinski definition) is 1. The maximum Gasteiger partial charge on any atom is 0.144 e. The van der Waals surface area contributed by atoms with Crippen LogP contribution in [0.2, 0.25) is 5.02 Å². The van der Waals surface area contributed by atoms with Crippen LogP contribution >= 0.6 is 11.6 Å². The van der Waals surface area contributed by atoms with Crippen molar-refractivity contribution in [1.29, 1.82) is 0 Å². The minimum atomic E-state index is 0.0650. The van der Waals surface area contributed by atoms with Crippen molar-refractivity contribution in [3.8, 4) is 0 Å². The summed E-state index contributed by atoms with van der Waals surface area (Å²) in [7, 11) is 0. The van der Waals surface area contributed by atoms with Crippen LogP contribution in [0.5, 0.6) is 0 Å². The fourth-order valence-electron chi connectivity index (χ4n) is 2.86. The average molecular weight is 271 g/mol. The van der Waals surface area contributed by atoms with Crippen molar-refractivity contribution in [2.24, 2.45) is 0 Å². The quantitative estimate of drug-likeness (QED) is 0.818. The fourth-order valence-corrected chi connectivity index (χ4v) is 3.08. The Labute approximate surface area is 118 Å². The molecule has 96 valence electrons. The van der Waals surface area contributed by atoms with Crippen LogP contribution in [0.25, 0.3) is 0 Å². The van der Waals surface area contributed by atoms with E-state index in [0.717, 1.165) is 18.4 Å². The van der Waals surface area contributed by atoms with E-state index in [1.54, 1.807) is 0 Å². The topological polar surface area (TPSA) is 17.1 Å². The number of ketones is 1. The van der Waals surface area contributed by atoms with Gasteiger partial charge in [-0.15, -0.1) is 0 Å². The zero-order valence-electron chi connectivity index (χ0n) is 10.6. The molecular formula is C17H15ClO. The lowest BCUT2D eigenvalue weighted by molar-refractivity contribution is -0.119. The van der Waals surface area contributed by atoms with Gasteiger partial charge in [-0.2, -0.15) is 0 Å². The van der Waals surface area contributed by atoms with Crippen LogP contribution in [0.3, 0.4) is 0 Å². The van der Waals surface area contributed by atoms with E-state index >= 15 is 0 Å². The highest BCUT2D eigenvalue weighted by molar-refractivity contribution is 6.30. The Kier molecular flexibility index (Phi) is 3.39. The lowest BCUT2D eigenvalue weighted by atomic mass is 9.93. The summed E-state index contributed by atoms with van der Waals surface area (Å²) in [5, 5.41) is 0.692. The molecule has 0 aliphatic heterocycles. The Balaban J connectivity index is 1.79. The number of hydrogen-bond donors (Lipinski definition) is 0. The second kappa shape index (κ2) is 5.18. The molecule has 1 unspecified atom stereocenters. The van der Waals surface area contributed by atoms with E-state index in [2.05, 4.69) is 12.1 Å². The van der Waals surface area contributed by atoms with Crippen molar-refractivity contribution in [3.63, 3.8) is 0 Å². The molecule has 0 amide bonds. The molecule has 1 atom stereocenters. The van der Waals surface area contributed by atoms with E-state index in [-0.39, 0.29) is 5.92 Å². The van der Waals surface area contributed by atoms with Crippen molar-refractivity contribution in [3.05, 3.63) is 70.2 Å². The normalized spacial score (nSPS) is 17.2. The van der Waals surface area contributed by atoms with E-state index in [0.29, 0.717) is 17.2 Å². The molecule has 3 rings (SSSR count). The van der Waals surface area contributed by atoms with Gasteiger partial charge in [0.2, 0.25) is 0 Å². The standard InChI is InChI=1S/C17H15ClO/c18-14-6-3-4-12(10-14)11-17(19)16-9-8-13-5-1-2-7-15(13)16/h1-7,10,16H,8-9,11H2. The molecular weight excluding hydrogens is 256 g/mol. The monoisotopic (exact) mass is 270 g/mol. The van der Waals surface area contributed by atoms with E-state index in [4.69, 9.17) is 11.6 Å². The first-order valence-electron chi connectivity index (χ1n) is 6.59. The molecule has 2 heteroatoms. The summed E-state index contributed by atoms with van der Waals surface area (Å²) in [6.07, 6.45) is 2.43. The van der Waals surface area contributed by atoms with Gasteiger partial charge in [0.1, 0.15) is 5.78 Å². The summed E-state index contributed by atoms with van der Waals surface area (Å²) >= 11 is 5.96. The van der Waals surface area contributed by atoms with Crippen molar-refractivity contribution < 1.29 is 4.79 Å². The van der Waals surface area contributed by atoms with Crippen molar-refractivity contribution in [1.82, 2.24) is 0 Å². The third kappa shape index (κ3) is 2.57. The number of rotatable bonds is 3. The molecule has 1 aliphatic rings. The zero-order chi connectivity index (χ0) is 13.2. The van der Waals surface area contributed by atoms with Gasteiger partial charge in [0.05, 0.1) is 0 Å². The summed E-state index contributed by atoms with van der Waals surface area (Å²) < 4.78 is 0. The Morgan fingerprint density at radius 1 is 1.16 bits per heavy atom. The molecule has 2 aromatic carbocycles. The molecule has 0 aromatic heterocycles. The summed E-state index contributed by atoms with van der Waals surface area (Å²) in [6.45, 7) is 0. The molecule has 0 saturated heterocycles. The van der Waals surface area contributed by atoms with Crippen molar-refractivity contribution in [2.45, 2.75) is 25.2 Å². The first-order chi connectivity index (χ1) is 9.24. The Morgan fingerprint density at radius 3 is 2.84 bits per heavy atom. The predicted molar refractivity (Wildman–Crippen MR) is 77.7 cm³/mol. The molecule has 1 nitrogen and oxygen atoms in total. The van der Waals surface area contributed by atoms with Crippen LogP contribution in [0.15, 0.2) is 48.5 Å². The van der Waals surface area contributed by atoms with Crippen LogP contribution in [-0.2, 0) is 17.6 Å². The Morgan fingerprint density at radius 2 is 2.00 bits per heavy atom. The second-order valence-corrected chi connectivity index (χ2v) is 5.50. The number of aryl methyl sites for hydroxylation is 1. The van der Waals surface area contributed by atoms with Crippen LogP contribution in [0.4, 0.5) is 0 Å². The summed E-state index contributed by atoms with van der Waals surface area (Å²) in [5.74, 6) is 0.363. The van der Waals surface area contributed by atoms with Gasteiger partial charge in [0.15, 0.2) is 0 Å². The van der Waals surface area contributed by atoms with E-state index in [9.17, 15) is 4.79 Å². The third-order valence-corrected chi connectivity index (χ3v) is 4.02. The van der Waals surface area contributed by atoms with Crippen molar-refractivity contribution >= 4 is 17.4 Å². The Bertz CT molecular complexity index is 618. The summed E-state index contributed by atoms with van der Waals surface area (Å²) in [6, 6.07) is 15.8. The number of carbonyl (C=O) groups is 1. The molecule has 0 saturated carbocycles. The number of halogens is 1. The van der Waals surface area contributed by atoms with Gasteiger partial charge in [-0.3, -0.25) is 4.79 Å². The van der Waals surface area contributed by atoms with Gasteiger partial charge < -0.3 is 0 Å². The predicted octanol–water partition coefficient (Wildman–Crippen LogP) is 4.18. The number of carbonyl (C=O) groups excluding carboxylic acids is 1. The highest BCUT2D eigenvalue weighted by atomic mass is 35.5. The zero-order valence-corrected chi connectivity index (χ0v) is 11.4. The van der Waals surface area contributed by atoms with Gasteiger partial charge in [0, 0.05) is 17.4 Å². The lowest BCUT2D eigenvalue weighted by Gasteiger charge is -2.10. The molecule has 0 spiro atoms. The largest absolute Gasteiger partial charge is 0.299 e. The highest BCUT2D eigenvalue weighted by Crippen LogP contribution is 2.34. The maximum atomic E-state index is 12.4. The minimum Gasteiger partial charge on any atom is -0.299 e. The lowest BCUT2D eigenvalue weighted by Crippen LogP contribution is -2.12. The van der Waals surface area contributed by atoms with Gasteiger partial charge in [0.25, 0.3) is 0 Å². The van der Waals surface area contributed by atoms with Gasteiger partial charge >= 0.3 is 0 Å². The van der Waals surface area contributed by atoms with E-state index in [1.807, 2.05) is 36.4 Å². The minimum absolute atomic E-state index is 0.0650. The smallest absolute Gasteiger partial charge is 0.144 e. The van der Waals surface area contributed by atoms with E-state index < -0.39 is 0 Å². The molecule has 0 fully saturated rings. The fraction of sp³-hybridized carbons (Fsp3) is 0.235. The first kappa shape index (κ1) is 12.4. The number of benzene rings is 2. The highest BCUT2D eigenvalue weighted by Gasteiger charge is 2.27. The van der Waals surface area contributed by atoms with Crippen LogP contribution in [0.1, 0.15) is 29.0 Å². The molecule has 2 aromatic rings. The summed E-state index contributed by atoms with van der Waals surface area (Å²) in [5.41, 5.74) is 3.54. The van der Waals surface area contributed by atoms with Gasteiger partial charge in [-0.05, 0) is 41.7 Å². The molecule has 0 bridgehead atoms. The SMILES string of the molecule is O=C(Cc1cccc(Cl)c1)C1CCc2ccccc21. The van der Waals surface area contributed by atoms with Crippen LogP contribution in [0, 0.1) is 0 Å². The average Bonchev–Trinajstić information content (AvgIpc) is 2.82. The second-order valence-electron chi connectivity index (χ2n) is 5.06. The number of fused-ring (bicyclic) bond motifs is 1. The Hall–Kier alpha value is -1.60. The van der Waals surface area contributed by atoms with Gasteiger partial charge in [-0.1, -0.05) is 48.0 Å².